The van der Waals surface area contributed by atoms with Crippen LogP contribution in [0.4, 0.5) is 0 Å². The zero-order valence-electron chi connectivity index (χ0n) is 16.9. The van der Waals surface area contributed by atoms with Gasteiger partial charge in [0.1, 0.15) is 6.29 Å². The fourth-order valence-electron chi connectivity index (χ4n) is 8.20. The molecule has 3 aliphatic carbocycles. The summed E-state index contributed by atoms with van der Waals surface area (Å²) in [6.07, 6.45) is 6.10. The first-order valence-corrected chi connectivity index (χ1v) is 10.8. The number of carbonyl (C=O) groups is 3. The smallest absolute Gasteiger partial charge is 0.311 e. The Kier molecular flexibility index (Phi) is 3.85. The summed E-state index contributed by atoms with van der Waals surface area (Å²) >= 11 is 0. The number of esters is 2. The van der Waals surface area contributed by atoms with Crippen LogP contribution in [-0.4, -0.2) is 30.8 Å². The predicted molar refractivity (Wildman–Crippen MR) is 97.5 cm³/mol. The van der Waals surface area contributed by atoms with Gasteiger partial charge in [0.15, 0.2) is 0 Å². The van der Waals surface area contributed by atoms with E-state index in [1.165, 1.54) is 13.2 Å². The lowest BCUT2D eigenvalue weighted by Crippen LogP contribution is -2.64. The number of fused-ring (bicyclic) bond motifs is 2. The Hall–Kier alpha value is -1.43. The molecule has 0 aromatic carbocycles. The highest BCUT2D eigenvalue weighted by molar-refractivity contribution is 5.76. The minimum absolute atomic E-state index is 0.0564. The topological polar surface area (TPSA) is 78.9 Å². The van der Waals surface area contributed by atoms with Gasteiger partial charge in [-0.1, -0.05) is 20.3 Å². The van der Waals surface area contributed by atoms with E-state index in [9.17, 15) is 14.4 Å². The quantitative estimate of drug-likeness (QED) is 0.532. The lowest BCUT2D eigenvalue weighted by atomic mass is 9.38. The Morgan fingerprint density at radius 3 is 2.64 bits per heavy atom. The Labute approximate surface area is 165 Å². The highest BCUT2D eigenvalue weighted by Crippen LogP contribution is 2.73. The summed E-state index contributed by atoms with van der Waals surface area (Å²) in [5.74, 6) is -0.544. The van der Waals surface area contributed by atoms with Crippen molar-refractivity contribution in [2.75, 3.05) is 0 Å². The maximum Gasteiger partial charge on any atom is 0.311 e. The van der Waals surface area contributed by atoms with E-state index in [2.05, 4.69) is 13.8 Å². The molecular formula is C22H30O6. The molecule has 6 nitrogen and oxygen atoms in total. The van der Waals surface area contributed by atoms with E-state index in [-0.39, 0.29) is 29.1 Å². The van der Waals surface area contributed by atoms with Crippen LogP contribution in [0.15, 0.2) is 0 Å². The lowest BCUT2D eigenvalue weighted by molar-refractivity contribution is -0.248. The molecule has 1 spiro atoms. The van der Waals surface area contributed by atoms with E-state index < -0.39 is 29.4 Å². The van der Waals surface area contributed by atoms with Crippen molar-refractivity contribution in [2.45, 2.75) is 78.3 Å². The second-order valence-electron chi connectivity index (χ2n) is 10.4. The molecule has 0 amide bonds. The highest BCUT2D eigenvalue weighted by atomic mass is 16.8. The summed E-state index contributed by atoms with van der Waals surface area (Å²) in [7, 11) is 0. The lowest BCUT2D eigenvalue weighted by Gasteiger charge is -2.64. The first-order chi connectivity index (χ1) is 13.3. The van der Waals surface area contributed by atoms with Crippen LogP contribution in [0, 0.1) is 39.9 Å². The number of hydrogen-bond acceptors (Lipinski definition) is 6. The third kappa shape index (κ3) is 2.10. The van der Waals surface area contributed by atoms with Gasteiger partial charge in [-0.3, -0.25) is 9.59 Å². The molecule has 0 bridgehead atoms. The molecule has 0 aromatic heterocycles. The molecule has 5 fully saturated rings. The SMILES string of the molecule is CC(=O)O[C@H]1OC2OC(=O)[C@@H]3CCC4[C@@]5(C=O)CCCC(C)(C)C5CC[C@@]41[C@H]23. The Bertz CT molecular complexity index is 731. The maximum absolute atomic E-state index is 12.8. The molecule has 3 saturated carbocycles. The molecule has 5 aliphatic rings. The van der Waals surface area contributed by atoms with Crippen LogP contribution in [0.5, 0.6) is 0 Å². The Balaban J connectivity index is 1.64. The van der Waals surface area contributed by atoms with Crippen LogP contribution in [0.2, 0.25) is 0 Å². The van der Waals surface area contributed by atoms with Crippen molar-refractivity contribution in [2.24, 2.45) is 39.9 Å². The van der Waals surface area contributed by atoms with E-state index in [1.807, 2.05) is 0 Å². The number of aldehydes is 1. The van der Waals surface area contributed by atoms with Gasteiger partial charge in [0, 0.05) is 23.7 Å². The van der Waals surface area contributed by atoms with Gasteiger partial charge in [-0.05, 0) is 55.8 Å². The van der Waals surface area contributed by atoms with Crippen molar-refractivity contribution < 1.29 is 28.6 Å². The average Bonchev–Trinajstić information content (AvgIpc) is 3.11. The van der Waals surface area contributed by atoms with Gasteiger partial charge in [0.2, 0.25) is 12.6 Å². The third-order valence-corrected chi connectivity index (χ3v) is 9.02. The van der Waals surface area contributed by atoms with E-state index in [0.717, 1.165) is 44.9 Å². The van der Waals surface area contributed by atoms with Crippen LogP contribution < -0.4 is 0 Å². The maximum atomic E-state index is 12.8. The van der Waals surface area contributed by atoms with Crippen LogP contribution in [0.3, 0.4) is 0 Å². The monoisotopic (exact) mass is 390 g/mol. The summed E-state index contributed by atoms with van der Waals surface area (Å²) in [6, 6.07) is 0. The summed E-state index contributed by atoms with van der Waals surface area (Å²) in [5, 5.41) is 0. The zero-order valence-corrected chi connectivity index (χ0v) is 16.9. The summed E-state index contributed by atoms with van der Waals surface area (Å²) in [6.45, 7) is 5.97. The molecule has 0 N–H and O–H groups in total. The number of hydrogen-bond donors (Lipinski definition) is 0. The van der Waals surface area contributed by atoms with Gasteiger partial charge in [0.05, 0.1) is 5.92 Å². The minimum atomic E-state index is -0.733. The van der Waals surface area contributed by atoms with Gasteiger partial charge < -0.3 is 19.0 Å². The molecular weight excluding hydrogens is 360 g/mol. The number of rotatable bonds is 2. The van der Waals surface area contributed by atoms with Crippen molar-refractivity contribution in [3.63, 3.8) is 0 Å². The predicted octanol–water partition coefficient (Wildman–Crippen LogP) is 3.22. The Morgan fingerprint density at radius 2 is 1.93 bits per heavy atom. The fraction of sp³-hybridized carbons (Fsp3) is 0.864. The van der Waals surface area contributed by atoms with E-state index >= 15 is 0 Å². The van der Waals surface area contributed by atoms with Crippen molar-refractivity contribution in [1.82, 2.24) is 0 Å². The second-order valence-corrected chi connectivity index (χ2v) is 10.4. The largest absolute Gasteiger partial charge is 0.435 e. The van der Waals surface area contributed by atoms with Gasteiger partial charge in [-0.2, -0.15) is 0 Å². The molecule has 2 aliphatic heterocycles. The van der Waals surface area contributed by atoms with Crippen LogP contribution in [0.1, 0.15) is 65.7 Å². The van der Waals surface area contributed by atoms with E-state index in [1.54, 1.807) is 0 Å². The van der Waals surface area contributed by atoms with E-state index in [0.29, 0.717) is 5.92 Å². The molecule has 0 aromatic rings. The second kappa shape index (κ2) is 5.80. The average molecular weight is 390 g/mol. The molecule has 8 atom stereocenters. The molecule has 0 radical (unpaired) electrons. The van der Waals surface area contributed by atoms with Crippen LogP contribution in [0.25, 0.3) is 0 Å². The molecule has 3 unspecified atom stereocenters. The van der Waals surface area contributed by atoms with Crippen molar-refractivity contribution in [3.05, 3.63) is 0 Å². The normalized spacial score (nSPS) is 50.8. The zero-order chi connectivity index (χ0) is 19.9. The van der Waals surface area contributed by atoms with Gasteiger partial charge in [0.25, 0.3) is 0 Å². The third-order valence-electron chi connectivity index (χ3n) is 9.02. The van der Waals surface area contributed by atoms with Gasteiger partial charge in [-0.25, -0.2) is 0 Å². The van der Waals surface area contributed by atoms with Crippen molar-refractivity contribution in [1.29, 1.82) is 0 Å². The molecule has 154 valence electrons. The standard InChI is InChI=1S/C22H30O6/c1-12(24)26-19-22-10-7-14-20(2,3)8-4-9-21(14,11-23)15(22)6-5-13-16(22)18(28-19)27-17(13)25/h11,13-16,18-19H,4-10H2,1-3H3/t13-,14?,15?,16+,18?,19+,21-,22+/m1/s1. The van der Waals surface area contributed by atoms with Gasteiger partial charge in [-0.15, -0.1) is 0 Å². The molecule has 2 saturated heterocycles. The van der Waals surface area contributed by atoms with Crippen molar-refractivity contribution >= 4 is 18.2 Å². The first-order valence-electron chi connectivity index (χ1n) is 10.8. The van der Waals surface area contributed by atoms with Crippen LogP contribution >= 0.6 is 0 Å². The summed E-state index contributed by atoms with van der Waals surface area (Å²) < 4.78 is 17.3. The molecule has 5 rings (SSSR count). The number of ether oxygens (including phenoxy) is 3. The highest BCUT2D eigenvalue weighted by Gasteiger charge is 2.76. The van der Waals surface area contributed by atoms with Crippen LogP contribution in [-0.2, 0) is 28.6 Å². The molecule has 2 heterocycles. The summed E-state index contributed by atoms with van der Waals surface area (Å²) in [5.41, 5.74) is -0.834. The van der Waals surface area contributed by atoms with Gasteiger partial charge >= 0.3 is 11.9 Å². The molecule has 28 heavy (non-hydrogen) atoms. The molecule has 6 heteroatoms. The number of carbonyl (C=O) groups excluding carboxylic acids is 3. The van der Waals surface area contributed by atoms with E-state index in [4.69, 9.17) is 14.2 Å². The Morgan fingerprint density at radius 1 is 1.14 bits per heavy atom. The van der Waals surface area contributed by atoms with Crippen molar-refractivity contribution in [3.8, 4) is 0 Å². The minimum Gasteiger partial charge on any atom is -0.435 e. The fourth-order valence-corrected chi connectivity index (χ4v) is 8.20. The first kappa shape index (κ1) is 18.6. The summed E-state index contributed by atoms with van der Waals surface area (Å²) in [4.78, 5) is 37.1.